The van der Waals surface area contributed by atoms with Crippen LogP contribution in [0.5, 0.6) is 5.75 Å². The third-order valence-corrected chi connectivity index (χ3v) is 3.95. The third-order valence-electron chi connectivity index (χ3n) is 3.95. The van der Waals surface area contributed by atoms with Gasteiger partial charge in [-0.1, -0.05) is 12.1 Å². The molecule has 2 unspecified atom stereocenters. The number of anilines is 1. The summed E-state index contributed by atoms with van der Waals surface area (Å²) in [5.41, 5.74) is 2.76. The lowest BCUT2D eigenvalue weighted by atomic mass is 9.89. The highest BCUT2D eigenvalue weighted by molar-refractivity contribution is 5.69. The molecule has 1 saturated heterocycles. The number of benzene rings is 1. The summed E-state index contributed by atoms with van der Waals surface area (Å²) in [4.78, 5) is 2.38. The van der Waals surface area contributed by atoms with Gasteiger partial charge in [0.05, 0.1) is 12.8 Å². The van der Waals surface area contributed by atoms with Crippen molar-refractivity contribution in [1.82, 2.24) is 5.32 Å². The first kappa shape index (κ1) is 9.97. The van der Waals surface area contributed by atoms with Crippen LogP contribution < -0.4 is 15.0 Å². The Morgan fingerprint density at radius 1 is 1.44 bits per heavy atom. The van der Waals surface area contributed by atoms with E-state index in [9.17, 15) is 0 Å². The lowest BCUT2D eigenvalue weighted by Gasteiger charge is -2.31. The number of hydrogen-bond donors (Lipinski definition) is 1. The molecule has 0 amide bonds. The molecule has 0 radical (unpaired) electrons. The Kier molecular flexibility index (Phi) is 2.28. The number of nitrogens with one attached hydrogen (secondary N) is 1. The summed E-state index contributed by atoms with van der Waals surface area (Å²) < 4.78 is 5.47. The molecule has 1 aromatic carbocycles. The van der Waals surface area contributed by atoms with E-state index in [0.717, 1.165) is 18.8 Å². The van der Waals surface area contributed by atoms with E-state index in [-0.39, 0.29) is 0 Å². The first-order chi connectivity index (χ1) is 7.83. The van der Waals surface area contributed by atoms with Gasteiger partial charge in [-0.2, -0.15) is 0 Å². The van der Waals surface area contributed by atoms with E-state index < -0.39 is 0 Å². The molecule has 1 fully saturated rings. The van der Waals surface area contributed by atoms with Crippen LogP contribution in [0.15, 0.2) is 18.2 Å². The Bertz CT molecular complexity index is 405. The average molecular weight is 218 g/mol. The van der Waals surface area contributed by atoms with Gasteiger partial charge in [0.2, 0.25) is 0 Å². The SMILES string of the molecule is COc1cccc2c1N(C)C1CNCCC21. The van der Waals surface area contributed by atoms with Crippen molar-refractivity contribution in [3.05, 3.63) is 23.8 Å². The summed E-state index contributed by atoms with van der Waals surface area (Å²) in [7, 11) is 3.93. The van der Waals surface area contributed by atoms with Crippen LogP contribution in [0.4, 0.5) is 5.69 Å². The van der Waals surface area contributed by atoms with Crippen molar-refractivity contribution in [1.29, 1.82) is 0 Å². The average Bonchev–Trinajstić information content (AvgIpc) is 2.64. The van der Waals surface area contributed by atoms with Gasteiger partial charge in [0.1, 0.15) is 5.75 Å². The normalized spacial score (nSPS) is 27.5. The second-order valence-electron chi connectivity index (χ2n) is 4.68. The topological polar surface area (TPSA) is 24.5 Å². The summed E-state index contributed by atoms with van der Waals surface area (Å²) in [5.74, 6) is 1.69. The monoisotopic (exact) mass is 218 g/mol. The van der Waals surface area contributed by atoms with Crippen molar-refractivity contribution in [2.75, 3.05) is 32.1 Å². The van der Waals surface area contributed by atoms with Crippen LogP contribution in [-0.2, 0) is 0 Å². The molecule has 3 rings (SSSR count). The highest BCUT2D eigenvalue weighted by atomic mass is 16.5. The summed E-state index contributed by atoms with van der Waals surface area (Å²) in [6.45, 7) is 2.21. The predicted molar refractivity (Wildman–Crippen MR) is 65.4 cm³/mol. The molecule has 2 heterocycles. The molecule has 3 nitrogen and oxygen atoms in total. The number of hydrogen-bond acceptors (Lipinski definition) is 3. The van der Waals surface area contributed by atoms with Crippen molar-refractivity contribution in [2.24, 2.45) is 0 Å². The molecule has 1 aromatic rings. The molecule has 0 bridgehead atoms. The Morgan fingerprint density at radius 3 is 3.12 bits per heavy atom. The molecule has 2 atom stereocenters. The molecule has 0 saturated carbocycles. The molecule has 86 valence electrons. The van der Waals surface area contributed by atoms with Gasteiger partial charge in [0.25, 0.3) is 0 Å². The number of nitrogens with zero attached hydrogens (tertiary/aromatic N) is 1. The van der Waals surface area contributed by atoms with Gasteiger partial charge >= 0.3 is 0 Å². The van der Waals surface area contributed by atoms with E-state index in [0.29, 0.717) is 12.0 Å². The zero-order valence-electron chi connectivity index (χ0n) is 9.86. The highest BCUT2D eigenvalue weighted by Crippen LogP contribution is 2.47. The number of ether oxygens (including phenoxy) is 1. The minimum absolute atomic E-state index is 0.597. The lowest BCUT2D eigenvalue weighted by Crippen LogP contribution is -2.44. The molecule has 0 aromatic heterocycles. The summed E-state index contributed by atoms with van der Waals surface area (Å²) in [6, 6.07) is 7.01. The number of piperidine rings is 1. The first-order valence-electron chi connectivity index (χ1n) is 5.93. The second-order valence-corrected chi connectivity index (χ2v) is 4.68. The van der Waals surface area contributed by atoms with E-state index in [1.807, 2.05) is 0 Å². The van der Waals surface area contributed by atoms with Crippen molar-refractivity contribution in [2.45, 2.75) is 18.4 Å². The molecular formula is C13H18N2O. The van der Waals surface area contributed by atoms with Gasteiger partial charge in [-0.25, -0.2) is 0 Å². The van der Waals surface area contributed by atoms with E-state index in [1.54, 1.807) is 7.11 Å². The van der Waals surface area contributed by atoms with Crippen molar-refractivity contribution in [3.63, 3.8) is 0 Å². The van der Waals surface area contributed by atoms with Crippen molar-refractivity contribution in [3.8, 4) is 5.75 Å². The summed E-state index contributed by atoms with van der Waals surface area (Å²) >= 11 is 0. The smallest absolute Gasteiger partial charge is 0.142 e. The molecule has 3 heteroatoms. The zero-order chi connectivity index (χ0) is 11.1. The molecule has 0 spiro atoms. The Morgan fingerprint density at radius 2 is 2.31 bits per heavy atom. The van der Waals surface area contributed by atoms with Crippen molar-refractivity contribution < 1.29 is 4.74 Å². The Labute approximate surface area is 96.4 Å². The molecule has 2 aliphatic rings. The third kappa shape index (κ3) is 1.24. The lowest BCUT2D eigenvalue weighted by molar-refractivity contribution is 0.407. The number of likely N-dealkylation sites (N-methyl/N-ethyl adjacent to an activating group) is 1. The van der Waals surface area contributed by atoms with Gasteiger partial charge in [0.15, 0.2) is 0 Å². The van der Waals surface area contributed by atoms with Gasteiger partial charge in [-0.05, 0) is 24.6 Å². The number of para-hydroxylation sites is 1. The number of methoxy groups -OCH3 is 1. The minimum atomic E-state index is 0.597. The van der Waals surface area contributed by atoms with Gasteiger partial charge in [-0.3, -0.25) is 0 Å². The standard InChI is InChI=1S/C13H18N2O/c1-15-11-8-14-7-6-9(11)10-4-3-5-12(16-2)13(10)15/h3-5,9,11,14H,6-8H2,1-2H3. The van der Waals surface area contributed by atoms with Crippen LogP contribution in [0.3, 0.4) is 0 Å². The molecule has 16 heavy (non-hydrogen) atoms. The zero-order valence-corrected chi connectivity index (χ0v) is 9.86. The summed E-state index contributed by atoms with van der Waals surface area (Å²) in [6.07, 6.45) is 1.23. The molecule has 2 aliphatic heterocycles. The van der Waals surface area contributed by atoms with E-state index in [1.165, 1.54) is 17.7 Å². The van der Waals surface area contributed by atoms with Crippen LogP contribution in [0.1, 0.15) is 17.9 Å². The van der Waals surface area contributed by atoms with Crippen LogP contribution in [0.25, 0.3) is 0 Å². The Balaban J connectivity index is 2.09. The second kappa shape index (κ2) is 3.67. The van der Waals surface area contributed by atoms with Crippen LogP contribution in [0, 0.1) is 0 Å². The van der Waals surface area contributed by atoms with E-state index in [2.05, 4.69) is 35.5 Å². The minimum Gasteiger partial charge on any atom is -0.495 e. The largest absolute Gasteiger partial charge is 0.495 e. The van der Waals surface area contributed by atoms with Gasteiger partial charge < -0.3 is 15.0 Å². The number of fused-ring (bicyclic) bond motifs is 3. The quantitative estimate of drug-likeness (QED) is 0.774. The van der Waals surface area contributed by atoms with E-state index in [4.69, 9.17) is 4.74 Å². The first-order valence-corrected chi connectivity index (χ1v) is 5.93. The number of rotatable bonds is 1. The fraction of sp³-hybridized carbons (Fsp3) is 0.538. The Hall–Kier alpha value is -1.22. The van der Waals surface area contributed by atoms with E-state index >= 15 is 0 Å². The molecular weight excluding hydrogens is 200 g/mol. The summed E-state index contributed by atoms with van der Waals surface area (Å²) in [5, 5.41) is 3.48. The van der Waals surface area contributed by atoms with Crippen LogP contribution >= 0.6 is 0 Å². The predicted octanol–water partition coefficient (Wildman–Crippen LogP) is 1.59. The molecule has 0 aliphatic carbocycles. The van der Waals surface area contributed by atoms with Gasteiger partial charge in [-0.15, -0.1) is 0 Å². The fourth-order valence-electron chi connectivity index (χ4n) is 3.16. The van der Waals surface area contributed by atoms with Crippen molar-refractivity contribution >= 4 is 5.69 Å². The maximum Gasteiger partial charge on any atom is 0.142 e. The van der Waals surface area contributed by atoms with Crippen LogP contribution in [-0.4, -0.2) is 33.3 Å². The van der Waals surface area contributed by atoms with Crippen LogP contribution in [0.2, 0.25) is 0 Å². The molecule has 1 N–H and O–H groups in total. The van der Waals surface area contributed by atoms with Gasteiger partial charge in [0, 0.05) is 25.6 Å². The maximum atomic E-state index is 5.47. The highest BCUT2D eigenvalue weighted by Gasteiger charge is 2.39. The maximum absolute atomic E-state index is 5.47. The fourth-order valence-corrected chi connectivity index (χ4v) is 3.16.